The standard InChI is InChI=1S/C19H19ClN2O4/c1-11-7-12-5-3-4-6-15(12)22(11)19(24)13-8-14(20)18(16(9-13)25-2)26-10-17(21)23/h3-6,8-9,11H,7,10H2,1-2H3,(H2,21,23)/t11-/m1/s1. The average molecular weight is 375 g/mol. The highest BCUT2D eigenvalue weighted by Gasteiger charge is 2.32. The number of anilines is 1. The van der Waals surface area contributed by atoms with E-state index in [1.165, 1.54) is 13.2 Å². The lowest BCUT2D eigenvalue weighted by Gasteiger charge is -2.23. The Morgan fingerprint density at radius 2 is 2.04 bits per heavy atom. The third-order valence-corrected chi connectivity index (χ3v) is 4.54. The van der Waals surface area contributed by atoms with E-state index in [9.17, 15) is 9.59 Å². The molecule has 1 heterocycles. The quantitative estimate of drug-likeness (QED) is 0.872. The Labute approximate surface area is 156 Å². The van der Waals surface area contributed by atoms with Gasteiger partial charge in [0.2, 0.25) is 0 Å². The first kappa shape index (κ1) is 18.1. The van der Waals surface area contributed by atoms with E-state index in [4.69, 9.17) is 26.8 Å². The van der Waals surface area contributed by atoms with Crippen LogP contribution in [0.3, 0.4) is 0 Å². The van der Waals surface area contributed by atoms with Crippen LogP contribution < -0.4 is 20.1 Å². The number of benzene rings is 2. The Kier molecular flexibility index (Phi) is 5.04. The number of carbonyl (C=O) groups is 2. The number of ether oxygens (including phenoxy) is 2. The number of nitrogens with two attached hydrogens (primary N) is 1. The van der Waals surface area contributed by atoms with Gasteiger partial charge in [0.15, 0.2) is 18.1 Å². The van der Waals surface area contributed by atoms with Crippen LogP contribution in [0.4, 0.5) is 5.69 Å². The van der Waals surface area contributed by atoms with Crippen LogP contribution in [0.25, 0.3) is 0 Å². The van der Waals surface area contributed by atoms with Crippen molar-refractivity contribution in [3.8, 4) is 11.5 Å². The lowest BCUT2D eigenvalue weighted by atomic mass is 10.1. The number of methoxy groups -OCH3 is 1. The summed E-state index contributed by atoms with van der Waals surface area (Å²) in [5.41, 5.74) is 7.50. The van der Waals surface area contributed by atoms with Crippen LogP contribution in [0.2, 0.25) is 5.02 Å². The van der Waals surface area contributed by atoms with Gasteiger partial charge in [-0.15, -0.1) is 0 Å². The molecule has 0 unspecified atom stereocenters. The highest BCUT2D eigenvalue weighted by Crippen LogP contribution is 2.38. The molecule has 0 saturated carbocycles. The number of halogens is 1. The van der Waals surface area contributed by atoms with E-state index < -0.39 is 5.91 Å². The summed E-state index contributed by atoms with van der Waals surface area (Å²) < 4.78 is 10.6. The first-order valence-corrected chi connectivity index (χ1v) is 8.50. The van der Waals surface area contributed by atoms with E-state index in [0.29, 0.717) is 5.56 Å². The number of fused-ring (bicyclic) bond motifs is 1. The van der Waals surface area contributed by atoms with Crippen LogP contribution in [0, 0.1) is 0 Å². The molecule has 0 bridgehead atoms. The number of para-hydroxylation sites is 1. The fourth-order valence-electron chi connectivity index (χ4n) is 3.14. The molecular weight excluding hydrogens is 356 g/mol. The molecule has 0 aromatic heterocycles. The van der Waals surface area contributed by atoms with Gasteiger partial charge in [0.1, 0.15) is 0 Å². The average Bonchev–Trinajstić information content (AvgIpc) is 2.94. The molecular formula is C19H19ClN2O4. The highest BCUT2D eigenvalue weighted by molar-refractivity contribution is 6.33. The minimum atomic E-state index is -0.634. The lowest BCUT2D eigenvalue weighted by molar-refractivity contribution is -0.119. The third-order valence-electron chi connectivity index (χ3n) is 4.26. The number of hydrogen-bond donors (Lipinski definition) is 1. The molecule has 136 valence electrons. The van der Waals surface area contributed by atoms with Crippen LogP contribution in [-0.2, 0) is 11.2 Å². The Balaban J connectivity index is 1.95. The third kappa shape index (κ3) is 3.32. The zero-order valence-corrected chi connectivity index (χ0v) is 15.2. The van der Waals surface area contributed by atoms with Crippen LogP contribution in [0.1, 0.15) is 22.8 Å². The first-order valence-electron chi connectivity index (χ1n) is 8.12. The van der Waals surface area contributed by atoms with Gasteiger partial charge in [0.25, 0.3) is 11.8 Å². The van der Waals surface area contributed by atoms with Crippen molar-refractivity contribution in [3.63, 3.8) is 0 Å². The van der Waals surface area contributed by atoms with Crippen LogP contribution >= 0.6 is 11.6 Å². The largest absolute Gasteiger partial charge is 0.493 e. The predicted octanol–water partition coefficient (Wildman–Crippen LogP) is 2.80. The number of rotatable bonds is 5. The molecule has 3 rings (SSSR count). The number of carbonyl (C=O) groups excluding carboxylic acids is 2. The predicted molar refractivity (Wildman–Crippen MR) is 99.1 cm³/mol. The zero-order valence-electron chi connectivity index (χ0n) is 14.5. The van der Waals surface area contributed by atoms with Gasteiger partial charge in [0, 0.05) is 17.3 Å². The Hall–Kier alpha value is -2.73. The summed E-state index contributed by atoms with van der Waals surface area (Å²) >= 11 is 6.26. The number of primary amides is 1. The molecule has 2 aromatic carbocycles. The van der Waals surface area contributed by atoms with Gasteiger partial charge in [-0.1, -0.05) is 29.8 Å². The highest BCUT2D eigenvalue weighted by atomic mass is 35.5. The molecule has 2 amide bonds. The molecule has 0 aliphatic carbocycles. The van der Waals surface area contributed by atoms with Crippen molar-refractivity contribution in [1.82, 2.24) is 0 Å². The Bertz CT molecular complexity index is 869. The number of hydrogen-bond acceptors (Lipinski definition) is 4. The van der Waals surface area contributed by atoms with Gasteiger partial charge >= 0.3 is 0 Å². The molecule has 2 aromatic rings. The molecule has 6 nitrogen and oxygen atoms in total. The van der Waals surface area contributed by atoms with Gasteiger partial charge in [-0.25, -0.2) is 0 Å². The maximum absolute atomic E-state index is 13.1. The maximum Gasteiger partial charge on any atom is 0.258 e. The maximum atomic E-state index is 13.1. The molecule has 0 radical (unpaired) electrons. The molecule has 1 atom stereocenters. The van der Waals surface area contributed by atoms with E-state index in [2.05, 4.69) is 0 Å². The lowest BCUT2D eigenvalue weighted by Crippen LogP contribution is -2.35. The van der Waals surface area contributed by atoms with Crippen molar-refractivity contribution in [3.05, 3.63) is 52.5 Å². The van der Waals surface area contributed by atoms with Crippen LogP contribution in [-0.4, -0.2) is 31.6 Å². The van der Waals surface area contributed by atoms with Gasteiger partial charge < -0.3 is 20.1 Å². The molecule has 1 aliphatic heterocycles. The van der Waals surface area contributed by atoms with Crippen LogP contribution in [0.15, 0.2) is 36.4 Å². The summed E-state index contributed by atoms with van der Waals surface area (Å²) in [6, 6.07) is 10.9. The van der Waals surface area contributed by atoms with Gasteiger partial charge in [-0.3, -0.25) is 9.59 Å². The molecule has 1 aliphatic rings. The number of nitrogens with zero attached hydrogens (tertiary/aromatic N) is 1. The monoisotopic (exact) mass is 374 g/mol. The van der Waals surface area contributed by atoms with E-state index in [-0.39, 0.29) is 35.1 Å². The van der Waals surface area contributed by atoms with Crippen molar-refractivity contribution >= 4 is 29.1 Å². The van der Waals surface area contributed by atoms with Crippen molar-refractivity contribution in [2.45, 2.75) is 19.4 Å². The smallest absolute Gasteiger partial charge is 0.258 e. The summed E-state index contributed by atoms with van der Waals surface area (Å²) in [7, 11) is 1.44. The summed E-state index contributed by atoms with van der Waals surface area (Å²) in [4.78, 5) is 25.8. The minimum Gasteiger partial charge on any atom is -0.493 e. The topological polar surface area (TPSA) is 81.9 Å². The van der Waals surface area contributed by atoms with E-state index in [0.717, 1.165) is 17.7 Å². The molecule has 2 N–H and O–H groups in total. The minimum absolute atomic E-state index is 0.0375. The Morgan fingerprint density at radius 1 is 1.31 bits per heavy atom. The van der Waals surface area contributed by atoms with Crippen molar-refractivity contribution in [1.29, 1.82) is 0 Å². The van der Waals surface area contributed by atoms with Gasteiger partial charge in [0.05, 0.1) is 12.1 Å². The molecule has 7 heteroatoms. The fraction of sp³-hybridized carbons (Fsp3) is 0.263. The normalized spacial score (nSPS) is 15.5. The second-order valence-electron chi connectivity index (χ2n) is 6.10. The van der Waals surface area contributed by atoms with E-state index >= 15 is 0 Å². The summed E-state index contributed by atoms with van der Waals surface area (Å²) in [6.07, 6.45) is 0.798. The van der Waals surface area contributed by atoms with E-state index in [1.807, 2.05) is 31.2 Å². The second-order valence-corrected chi connectivity index (χ2v) is 6.51. The zero-order chi connectivity index (χ0) is 18.8. The summed E-state index contributed by atoms with van der Waals surface area (Å²) in [6.45, 7) is 1.67. The van der Waals surface area contributed by atoms with E-state index in [1.54, 1.807) is 11.0 Å². The second kappa shape index (κ2) is 7.25. The van der Waals surface area contributed by atoms with Crippen molar-refractivity contribution < 1.29 is 19.1 Å². The summed E-state index contributed by atoms with van der Waals surface area (Å²) in [5, 5.41) is 0.175. The molecule has 0 saturated heterocycles. The Morgan fingerprint density at radius 3 is 2.73 bits per heavy atom. The van der Waals surface area contributed by atoms with Crippen molar-refractivity contribution in [2.24, 2.45) is 5.73 Å². The van der Waals surface area contributed by atoms with Gasteiger partial charge in [-0.05, 0) is 37.1 Å². The van der Waals surface area contributed by atoms with Crippen LogP contribution in [0.5, 0.6) is 11.5 Å². The molecule has 26 heavy (non-hydrogen) atoms. The molecule has 0 fully saturated rings. The number of amides is 2. The molecule has 0 spiro atoms. The summed E-state index contributed by atoms with van der Waals surface area (Å²) in [5.74, 6) is -0.364. The fourth-order valence-corrected chi connectivity index (χ4v) is 3.41. The SMILES string of the molecule is COc1cc(C(=O)N2c3ccccc3C[C@H]2C)cc(Cl)c1OCC(N)=O. The van der Waals surface area contributed by atoms with Crippen molar-refractivity contribution in [2.75, 3.05) is 18.6 Å². The first-order chi connectivity index (χ1) is 12.4. The van der Waals surface area contributed by atoms with Gasteiger partial charge in [-0.2, -0.15) is 0 Å².